The minimum absolute atomic E-state index is 0.0118. The maximum atomic E-state index is 13.8. The van der Waals surface area contributed by atoms with Crippen LogP contribution in [0.5, 0.6) is 5.75 Å². The van der Waals surface area contributed by atoms with Crippen molar-refractivity contribution >= 4 is 86.2 Å². The lowest BCUT2D eigenvalue weighted by Crippen LogP contribution is -2.54. The number of likely N-dealkylation sites (N-methyl/N-ethyl adjacent to an activating group) is 2. The highest BCUT2D eigenvalue weighted by Gasteiger charge is 2.46. The minimum Gasteiger partial charge on any atom is -0.464 e. The number of hydrogen-bond acceptors (Lipinski definition) is 18. The van der Waals surface area contributed by atoms with Gasteiger partial charge in [-0.3, -0.25) is 19.2 Å². The molecule has 0 fully saturated rings. The molecule has 0 saturated heterocycles. The lowest BCUT2D eigenvalue weighted by atomic mass is 9.86. The van der Waals surface area contributed by atoms with Crippen molar-refractivity contribution in [2.45, 2.75) is 142 Å². The van der Waals surface area contributed by atoms with Crippen molar-refractivity contribution < 1.29 is 67.1 Å². The molecule has 0 spiro atoms. The van der Waals surface area contributed by atoms with Crippen LogP contribution in [0.3, 0.4) is 0 Å². The fourth-order valence-corrected chi connectivity index (χ4v) is 11.4. The first kappa shape index (κ1) is 66.6. The Morgan fingerprint density at radius 3 is 2.11 bits per heavy atom. The second-order valence-electron chi connectivity index (χ2n) is 22.9. The Bertz CT molecular complexity index is 3220. The summed E-state index contributed by atoms with van der Waals surface area (Å²) in [4.78, 5) is 124. The van der Waals surface area contributed by atoms with E-state index in [-0.39, 0.29) is 106 Å². The number of carbonyl (C=O) groups excluding carboxylic acids is 8. The van der Waals surface area contributed by atoms with Gasteiger partial charge in [0.15, 0.2) is 5.60 Å². The molecule has 24 nitrogen and oxygen atoms in total. The number of alkyl carbamates (subject to hydrolysis) is 1. The number of aliphatic hydroxyl groups is 1. The van der Waals surface area contributed by atoms with Crippen molar-refractivity contribution in [2.75, 3.05) is 52.3 Å². The molecule has 4 heterocycles. The Labute approximate surface area is 502 Å². The van der Waals surface area contributed by atoms with E-state index in [1.807, 2.05) is 34.6 Å². The van der Waals surface area contributed by atoms with E-state index in [1.54, 1.807) is 87.7 Å². The van der Waals surface area contributed by atoms with Crippen LogP contribution in [-0.2, 0) is 69.9 Å². The number of anilines is 1. The average molecular weight is 1220 g/mol. The summed E-state index contributed by atoms with van der Waals surface area (Å²) < 4.78 is 28.1. The molecule has 0 unspecified atom stereocenters. The number of primary amides is 1. The third kappa shape index (κ3) is 17.1. The van der Waals surface area contributed by atoms with Gasteiger partial charge in [-0.05, 0) is 107 Å². The van der Waals surface area contributed by atoms with E-state index in [0.717, 1.165) is 16.5 Å². The summed E-state index contributed by atoms with van der Waals surface area (Å²) >= 11 is 0. The van der Waals surface area contributed by atoms with E-state index in [9.17, 15) is 48.3 Å². The van der Waals surface area contributed by atoms with E-state index in [2.05, 4.69) is 21.3 Å². The highest BCUT2D eigenvalue weighted by Crippen LogP contribution is 2.44. The number of hydrogen-bond donors (Lipinski definition) is 6. The van der Waals surface area contributed by atoms with E-state index in [0.29, 0.717) is 34.6 Å². The van der Waals surface area contributed by atoms with Gasteiger partial charge in [-0.2, -0.15) is 0 Å². The maximum absolute atomic E-state index is 13.8. The molecule has 4 aromatic rings. The summed E-state index contributed by atoms with van der Waals surface area (Å²) in [6.07, 6.45) is -1.24. The molecule has 2 aliphatic rings. The Balaban J connectivity index is 0.980. The SMILES string of the molecule is CCc1c2c(nc3ccc(OC(=O)N(C)CCN(C)C(=O)OCc4ccc(NC(=O)[C@H](CCCNC(N)=O)NC(=O)[C@@H](NC(=O)OCC(C)(C)SSC(C)(C)COC(=O)C(C)C)C(C)C)cc4)cc13)-c1cc3c(c(=O)n1C2)COC(=O)[C@]3(O)CC. The molecule has 26 heteroatoms. The lowest BCUT2D eigenvalue weighted by Gasteiger charge is -2.31. The fourth-order valence-electron chi connectivity index (χ4n) is 9.11. The topological polar surface area (TPSA) is 318 Å². The zero-order chi connectivity index (χ0) is 62.7. The standard InChI is InChI=1S/C59H79N9O15S2/c1-13-38-39-26-37(21-22-43(39)63-47-40(38)28-68-45(47)27-42-41(50(68)71)30-79-52(73)59(42,78)14-2)83-56(77)67(12)25-24-66(11)55(76)80-29-35-17-19-36(20-18-35)62-48(69)44(16-15-23-61-53(60)74)64-49(70)46(33(3)4)65-54(75)82-32-58(9,10)85-84-57(7,8)31-81-51(72)34(5)6/h17-22,26-27,33-34,44,46,78H,13-16,23-25,28-32H2,1-12H3,(H,62,69)(H,64,70)(H,65,75)(H3,60,61,74)/t44-,46-,59-/m0/s1. The average Bonchev–Trinajstić information content (AvgIpc) is 1.71. The number of aromatic nitrogens is 2. The summed E-state index contributed by atoms with van der Waals surface area (Å²) in [6.45, 7) is 18.6. The van der Waals surface area contributed by atoms with Gasteiger partial charge in [0.25, 0.3) is 5.56 Å². The number of carbonyl (C=O) groups is 8. The van der Waals surface area contributed by atoms with Gasteiger partial charge in [-0.1, -0.05) is 75.3 Å². The second kappa shape index (κ2) is 28.5. The van der Waals surface area contributed by atoms with Crippen LogP contribution < -0.4 is 37.3 Å². The van der Waals surface area contributed by atoms with E-state index < -0.39 is 75.2 Å². The van der Waals surface area contributed by atoms with Gasteiger partial charge in [0.2, 0.25) is 11.8 Å². The predicted molar refractivity (Wildman–Crippen MR) is 321 cm³/mol. The third-order valence-corrected chi connectivity index (χ3v) is 18.4. The molecule has 0 bridgehead atoms. The van der Waals surface area contributed by atoms with Crippen molar-refractivity contribution in [3.8, 4) is 17.1 Å². The highest BCUT2D eigenvalue weighted by atomic mass is 33.1. The van der Waals surface area contributed by atoms with Crippen molar-refractivity contribution in [2.24, 2.45) is 17.6 Å². The molecular formula is C59H79N9O15S2. The number of urea groups is 1. The molecule has 0 saturated carbocycles. The summed E-state index contributed by atoms with van der Waals surface area (Å²) in [5, 5.41) is 22.6. The number of nitrogens with two attached hydrogens (primary N) is 1. The lowest BCUT2D eigenvalue weighted by molar-refractivity contribution is -0.172. The number of benzene rings is 2. The van der Waals surface area contributed by atoms with E-state index >= 15 is 0 Å². The summed E-state index contributed by atoms with van der Waals surface area (Å²) in [5.41, 5.74) is 7.66. The summed E-state index contributed by atoms with van der Waals surface area (Å²) in [7, 11) is 6.01. The van der Waals surface area contributed by atoms with Crippen molar-refractivity contribution in [1.29, 1.82) is 0 Å². The van der Waals surface area contributed by atoms with Crippen molar-refractivity contribution in [3.05, 3.63) is 86.7 Å². The first-order valence-electron chi connectivity index (χ1n) is 28.1. The molecule has 2 aliphatic heterocycles. The number of esters is 2. The number of cyclic esters (lactones) is 1. The molecule has 7 N–H and O–H groups in total. The molecular weight excluding hydrogens is 1140 g/mol. The van der Waals surface area contributed by atoms with Crippen LogP contribution in [0.25, 0.3) is 22.3 Å². The van der Waals surface area contributed by atoms with Crippen LogP contribution in [0.15, 0.2) is 53.3 Å². The monoisotopic (exact) mass is 1220 g/mol. The van der Waals surface area contributed by atoms with Gasteiger partial charge < -0.3 is 70.2 Å². The number of fused-ring (bicyclic) bond motifs is 5. The maximum Gasteiger partial charge on any atom is 0.415 e. The smallest absolute Gasteiger partial charge is 0.415 e. The van der Waals surface area contributed by atoms with Crippen LogP contribution in [0.4, 0.5) is 24.9 Å². The van der Waals surface area contributed by atoms with E-state index in [1.165, 1.54) is 45.5 Å². The molecule has 462 valence electrons. The summed E-state index contributed by atoms with van der Waals surface area (Å²) in [5.74, 6) is -2.72. The largest absolute Gasteiger partial charge is 0.464 e. The molecule has 3 atom stereocenters. The van der Waals surface area contributed by atoms with Gasteiger partial charge >= 0.3 is 36.2 Å². The predicted octanol–water partition coefficient (Wildman–Crippen LogP) is 7.10. The van der Waals surface area contributed by atoms with Gasteiger partial charge in [0, 0.05) is 55.9 Å². The zero-order valence-corrected chi connectivity index (χ0v) is 51.9. The van der Waals surface area contributed by atoms with Gasteiger partial charge in [-0.15, -0.1) is 0 Å². The van der Waals surface area contributed by atoms with Gasteiger partial charge in [0.1, 0.15) is 44.3 Å². The summed E-state index contributed by atoms with van der Waals surface area (Å²) in [6, 6.07) is 10.2. The molecule has 7 amide bonds. The number of nitrogens with zero attached hydrogens (tertiary/aromatic N) is 4. The van der Waals surface area contributed by atoms with Crippen LogP contribution in [0.2, 0.25) is 0 Å². The highest BCUT2D eigenvalue weighted by molar-refractivity contribution is 8.77. The van der Waals surface area contributed by atoms with Crippen LogP contribution in [-0.4, -0.2) is 141 Å². The van der Waals surface area contributed by atoms with Crippen molar-refractivity contribution in [1.82, 2.24) is 35.3 Å². The number of rotatable bonds is 26. The van der Waals surface area contributed by atoms with Crippen LogP contribution in [0, 0.1) is 11.8 Å². The van der Waals surface area contributed by atoms with E-state index in [4.69, 9.17) is 34.4 Å². The number of nitrogens with one attached hydrogen (secondary N) is 4. The fraction of sp³-hybridized carbons (Fsp3) is 0.525. The van der Waals surface area contributed by atoms with Gasteiger partial charge in [0.05, 0.1) is 44.4 Å². The Hall–Kier alpha value is -7.58. The number of amides is 7. The Morgan fingerprint density at radius 1 is 0.847 bits per heavy atom. The Morgan fingerprint density at radius 2 is 1.49 bits per heavy atom. The first-order chi connectivity index (χ1) is 40.0. The number of pyridine rings is 2. The molecule has 0 radical (unpaired) electrons. The second-order valence-corrected chi connectivity index (χ2v) is 26.4. The van der Waals surface area contributed by atoms with Crippen LogP contribution >= 0.6 is 21.6 Å². The van der Waals surface area contributed by atoms with Crippen molar-refractivity contribution in [3.63, 3.8) is 0 Å². The number of aryl methyl sites for hydroxylation is 1. The molecule has 6 rings (SSSR count). The molecule has 85 heavy (non-hydrogen) atoms. The molecule has 2 aromatic heterocycles. The minimum atomic E-state index is -1.95. The number of ether oxygens (including phenoxy) is 5. The van der Waals surface area contributed by atoms with Crippen LogP contribution in [0.1, 0.15) is 116 Å². The normalized spacial score (nSPS) is 15.1. The van der Waals surface area contributed by atoms with Gasteiger partial charge in [-0.25, -0.2) is 29.0 Å². The molecule has 0 aliphatic carbocycles. The third-order valence-electron chi connectivity index (χ3n) is 14.2. The zero-order valence-electron chi connectivity index (χ0n) is 50.3. The molecule has 2 aromatic carbocycles. The first-order valence-corrected chi connectivity index (χ1v) is 30.3. The Kier molecular flexibility index (Phi) is 22.3. The quantitative estimate of drug-likeness (QED) is 0.0139.